The minimum atomic E-state index is -0.504. The van der Waals surface area contributed by atoms with Crippen LogP contribution in [0.4, 0.5) is 0 Å². The zero-order chi connectivity index (χ0) is 25.8. The number of carbonyl (C=O) groups excluding carboxylic acids is 1. The molecule has 0 saturated heterocycles. The number of methoxy groups -OCH3 is 1. The van der Waals surface area contributed by atoms with E-state index in [1.165, 1.54) is 0 Å². The lowest BCUT2D eigenvalue weighted by molar-refractivity contribution is -0.129. The highest BCUT2D eigenvalue weighted by atomic mass is 127. The molecule has 0 saturated carbocycles. The molecule has 0 fully saturated rings. The number of benzene rings is 4. The fourth-order valence-electron chi connectivity index (χ4n) is 3.85. The SMILES string of the molecule is COc1cc(/C=C2\N=C(c3ccc(-c4ccccc4)cc3)OC2=O)cc(Br)c1OCc1ccccc1I. The van der Waals surface area contributed by atoms with Gasteiger partial charge in [0, 0.05) is 14.7 Å². The predicted octanol–water partition coefficient (Wildman–Crippen LogP) is 7.65. The van der Waals surface area contributed by atoms with E-state index in [4.69, 9.17) is 14.2 Å². The lowest BCUT2D eigenvalue weighted by Crippen LogP contribution is -2.05. The minimum Gasteiger partial charge on any atom is -0.493 e. The molecule has 0 unspecified atom stereocenters. The topological polar surface area (TPSA) is 57.1 Å². The van der Waals surface area contributed by atoms with Gasteiger partial charge in [0.05, 0.1) is 11.6 Å². The maximum absolute atomic E-state index is 12.6. The molecule has 184 valence electrons. The summed E-state index contributed by atoms with van der Waals surface area (Å²) in [5, 5.41) is 0. The summed E-state index contributed by atoms with van der Waals surface area (Å²) < 4.78 is 18.9. The van der Waals surface area contributed by atoms with Crippen molar-refractivity contribution in [2.75, 3.05) is 7.11 Å². The second-order valence-electron chi connectivity index (χ2n) is 8.19. The van der Waals surface area contributed by atoms with Gasteiger partial charge >= 0.3 is 5.97 Å². The van der Waals surface area contributed by atoms with Gasteiger partial charge in [-0.1, -0.05) is 60.7 Å². The van der Waals surface area contributed by atoms with Crippen molar-refractivity contribution in [3.05, 3.63) is 121 Å². The van der Waals surface area contributed by atoms with Crippen molar-refractivity contribution in [1.82, 2.24) is 0 Å². The molecule has 5 rings (SSSR count). The van der Waals surface area contributed by atoms with Crippen molar-refractivity contribution in [1.29, 1.82) is 0 Å². The Hall–Kier alpha value is -3.43. The van der Waals surface area contributed by atoms with Gasteiger partial charge in [0.25, 0.3) is 0 Å². The molecule has 1 aliphatic rings. The summed E-state index contributed by atoms with van der Waals surface area (Å²) in [7, 11) is 1.58. The van der Waals surface area contributed by atoms with Crippen LogP contribution < -0.4 is 9.47 Å². The van der Waals surface area contributed by atoms with Crippen molar-refractivity contribution >= 4 is 56.5 Å². The molecule has 1 aliphatic heterocycles. The number of rotatable bonds is 7. The van der Waals surface area contributed by atoms with E-state index < -0.39 is 5.97 Å². The summed E-state index contributed by atoms with van der Waals surface area (Å²) in [6, 6.07) is 29.5. The summed E-state index contributed by atoms with van der Waals surface area (Å²) in [5.74, 6) is 0.899. The van der Waals surface area contributed by atoms with Gasteiger partial charge in [-0.15, -0.1) is 0 Å². The quantitative estimate of drug-likeness (QED) is 0.116. The summed E-state index contributed by atoms with van der Waals surface area (Å²) in [5.41, 5.74) is 4.94. The fraction of sp³-hybridized carbons (Fsp3) is 0.0667. The molecule has 0 atom stereocenters. The van der Waals surface area contributed by atoms with Crippen molar-refractivity contribution in [3.8, 4) is 22.6 Å². The molecular weight excluding hydrogens is 645 g/mol. The molecule has 4 aromatic carbocycles. The summed E-state index contributed by atoms with van der Waals surface area (Å²) in [6.45, 7) is 0.400. The van der Waals surface area contributed by atoms with Crippen molar-refractivity contribution in [3.63, 3.8) is 0 Å². The van der Waals surface area contributed by atoms with Crippen LogP contribution >= 0.6 is 38.5 Å². The second-order valence-corrected chi connectivity index (χ2v) is 10.2. The molecule has 0 aliphatic carbocycles. The number of hydrogen-bond acceptors (Lipinski definition) is 5. The molecule has 0 bridgehead atoms. The fourth-order valence-corrected chi connectivity index (χ4v) is 4.97. The van der Waals surface area contributed by atoms with E-state index in [-0.39, 0.29) is 11.6 Å². The minimum absolute atomic E-state index is 0.212. The maximum atomic E-state index is 12.6. The lowest BCUT2D eigenvalue weighted by Gasteiger charge is -2.14. The summed E-state index contributed by atoms with van der Waals surface area (Å²) in [4.78, 5) is 17.0. The molecule has 0 N–H and O–H groups in total. The van der Waals surface area contributed by atoms with E-state index in [0.29, 0.717) is 22.6 Å². The van der Waals surface area contributed by atoms with Crippen LogP contribution in [-0.2, 0) is 16.1 Å². The zero-order valence-corrected chi connectivity index (χ0v) is 23.5. The Bertz CT molecular complexity index is 1510. The number of esters is 1. The highest BCUT2D eigenvalue weighted by Crippen LogP contribution is 2.38. The van der Waals surface area contributed by atoms with E-state index >= 15 is 0 Å². The molecular formula is C30H21BrINO4. The number of cyclic esters (lactones) is 1. The van der Waals surface area contributed by atoms with Crippen molar-refractivity contribution in [2.45, 2.75) is 6.61 Å². The van der Waals surface area contributed by atoms with Gasteiger partial charge in [-0.25, -0.2) is 9.79 Å². The van der Waals surface area contributed by atoms with E-state index in [9.17, 15) is 4.79 Å². The number of hydrogen-bond donors (Lipinski definition) is 0. The standard InChI is InChI=1S/C30H21BrINO4/c1-35-27-17-19(15-24(31)28(27)36-18-23-9-5-6-10-25(23)32)16-26-30(34)37-29(33-26)22-13-11-21(12-14-22)20-7-3-2-4-8-20/h2-17H,18H2,1H3/b26-16-. The van der Waals surface area contributed by atoms with Gasteiger partial charge in [0.1, 0.15) is 6.61 Å². The molecule has 0 spiro atoms. The van der Waals surface area contributed by atoms with E-state index in [0.717, 1.165) is 31.4 Å². The highest BCUT2D eigenvalue weighted by molar-refractivity contribution is 14.1. The predicted molar refractivity (Wildman–Crippen MR) is 157 cm³/mol. The van der Waals surface area contributed by atoms with E-state index in [2.05, 4.69) is 43.5 Å². The smallest absolute Gasteiger partial charge is 0.363 e. The first-order valence-corrected chi connectivity index (χ1v) is 13.3. The number of ether oxygens (including phenoxy) is 3. The van der Waals surface area contributed by atoms with Crippen LogP contribution in [0.1, 0.15) is 16.7 Å². The molecule has 4 aromatic rings. The number of carbonyl (C=O) groups is 1. The van der Waals surface area contributed by atoms with Crippen molar-refractivity contribution in [2.24, 2.45) is 4.99 Å². The van der Waals surface area contributed by atoms with Crippen LogP contribution in [0.25, 0.3) is 17.2 Å². The monoisotopic (exact) mass is 665 g/mol. The normalized spacial score (nSPS) is 13.9. The molecule has 0 aromatic heterocycles. The number of nitrogens with zero attached hydrogens (tertiary/aromatic N) is 1. The maximum Gasteiger partial charge on any atom is 0.363 e. The molecule has 1 heterocycles. The first-order valence-electron chi connectivity index (χ1n) is 11.4. The molecule has 7 heteroatoms. The van der Waals surface area contributed by atoms with Crippen LogP contribution in [0, 0.1) is 3.57 Å². The number of halogens is 2. The van der Waals surface area contributed by atoms with Gasteiger partial charge < -0.3 is 14.2 Å². The third-order valence-electron chi connectivity index (χ3n) is 5.74. The Labute approximate surface area is 237 Å². The van der Waals surface area contributed by atoms with Crippen LogP contribution in [0.15, 0.2) is 106 Å². The largest absolute Gasteiger partial charge is 0.493 e. The van der Waals surface area contributed by atoms with Crippen LogP contribution in [0.2, 0.25) is 0 Å². The average molecular weight is 666 g/mol. The average Bonchev–Trinajstić information content (AvgIpc) is 3.29. The second kappa shape index (κ2) is 11.3. The van der Waals surface area contributed by atoms with Crippen LogP contribution in [0.5, 0.6) is 11.5 Å². The first-order chi connectivity index (χ1) is 18.0. The summed E-state index contributed by atoms with van der Waals surface area (Å²) >= 11 is 5.87. The Morgan fingerprint density at radius 2 is 1.59 bits per heavy atom. The van der Waals surface area contributed by atoms with Crippen LogP contribution in [-0.4, -0.2) is 19.0 Å². The van der Waals surface area contributed by atoms with Gasteiger partial charge in [-0.2, -0.15) is 0 Å². The Morgan fingerprint density at radius 1 is 0.919 bits per heavy atom. The third kappa shape index (κ3) is 5.78. The lowest BCUT2D eigenvalue weighted by atomic mass is 10.0. The molecule has 0 amide bonds. The Balaban J connectivity index is 1.37. The first kappa shape index (κ1) is 25.2. The van der Waals surface area contributed by atoms with E-state index in [1.807, 2.05) is 84.9 Å². The zero-order valence-electron chi connectivity index (χ0n) is 19.8. The Kier molecular flexibility index (Phi) is 7.71. The summed E-state index contributed by atoms with van der Waals surface area (Å²) in [6.07, 6.45) is 1.67. The molecule has 5 nitrogen and oxygen atoms in total. The van der Waals surface area contributed by atoms with E-state index in [1.54, 1.807) is 19.3 Å². The van der Waals surface area contributed by atoms with Crippen LogP contribution in [0.3, 0.4) is 0 Å². The molecule has 0 radical (unpaired) electrons. The van der Waals surface area contributed by atoms with Crippen molar-refractivity contribution < 1.29 is 19.0 Å². The molecule has 37 heavy (non-hydrogen) atoms. The Morgan fingerprint density at radius 3 is 2.32 bits per heavy atom. The van der Waals surface area contributed by atoms with Gasteiger partial charge in [-0.05, 0) is 91.6 Å². The number of aliphatic imine (C=N–C) groups is 1. The van der Waals surface area contributed by atoms with Gasteiger partial charge in [0.15, 0.2) is 17.2 Å². The van der Waals surface area contributed by atoms with Gasteiger partial charge in [-0.3, -0.25) is 0 Å². The highest BCUT2D eigenvalue weighted by Gasteiger charge is 2.24. The third-order valence-corrected chi connectivity index (χ3v) is 7.39. The van der Waals surface area contributed by atoms with Gasteiger partial charge in [0.2, 0.25) is 5.90 Å².